The van der Waals surface area contributed by atoms with Crippen molar-refractivity contribution in [1.82, 2.24) is 0 Å². The molecular weight excluding hydrogens is 258 g/mol. The summed E-state index contributed by atoms with van der Waals surface area (Å²) < 4.78 is 0. The number of phenols is 1. The van der Waals surface area contributed by atoms with E-state index in [2.05, 4.69) is 4.99 Å². The van der Waals surface area contributed by atoms with Crippen LogP contribution in [0.3, 0.4) is 0 Å². The summed E-state index contributed by atoms with van der Waals surface area (Å²) in [6.07, 6.45) is 1.46. The fraction of sp³-hybridized carbons (Fsp3) is 0. The molecule has 1 heterocycles. The number of amidine groups is 1. The number of nitrogens with two attached hydrogens (primary N) is 1. The van der Waals surface area contributed by atoms with Crippen molar-refractivity contribution in [3.05, 3.63) is 38.8 Å². The lowest BCUT2D eigenvalue weighted by molar-refractivity contribution is -0.385. The first-order valence-electron chi connectivity index (χ1n) is 4.73. The van der Waals surface area contributed by atoms with Crippen molar-refractivity contribution < 1.29 is 14.8 Å². The predicted molar refractivity (Wildman–Crippen MR) is 67.0 cm³/mol. The first kappa shape index (κ1) is 12.1. The molecule has 1 aromatic rings. The van der Waals surface area contributed by atoms with Gasteiger partial charge in [0.2, 0.25) is 0 Å². The quantitative estimate of drug-likeness (QED) is 0.471. The Kier molecular flexibility index (Phi) is 3.02. The number of carbonyl (C=O) groups excluding carboxylic acids is 1. The number of thioether (sulfide) groups is 1. The van der Waals surface area contributed by atoms with Gasteiger partial charge in [0, 0.05) is 6.07 Å². The number of benzene rings is 1. The molecule has 0 saturated heterocycles. The topological polar surface area (TPSA) is 119 Å². The lowest BCUT2D eigenvalue weighted by Crippen LogP contribution is -2.01. The number of phenolic OH excluding ortho intramolecular Hbond substituents is 1. The third kappa shape index (κ3) is 2.33. The summed E-state index contributed by atoms with van der Waals surface area (Å²) in [4.78, 5) is 25.0. The highest BCUT2D eigenvalue weighted by molar-refractivity contribution is 8.18. The van der Waals surface area contributed by atoms with Crippen LogP contribution >= 0.6 is 11.8 Å². The zero-order valence-corrected chi connectivity index (χ0v) is 9.68. The van der Waals surface area contributed by atoms with E-state index in [1.807, 2.05) is 0 Å². The average Bonchev–Trinajstić information content (AvgIpc) is 2.57. The maximum Gasteiger partial charge on any atom is 0.310 e. The SMILES string of the molecule is NC1=NC(=O)/C(=C/c2ccc([N+](=O)[O-])c(O)c2)S1. The van der Waals surface area contributed by atoms with E-state index in [1.54, 1.807) is 0 Å². The lowest BCUT2D eigenvalue weighted by atomic mass is 10.1. The second-order valence-corrected chi connectivity index (χ2v) is 4.43. The number of nitro groups is 1. The zero-order valence-electron chi connectivity index (χ0n) is 8.86. The zero-order chi connectivity index (χ0) is 13.3. The van der Waals surface area contributed by atoms with Gasteiger partial charge < -0.3 is 10.8 Å². The highest BCUT2D eigenvalue weighted by atomic mass is 32.2. The van der Waals surface area contributed by atoms with Crippen LogP contribution in [0.5, 0.6) is 5.75 Å². The number of nitrogens with zero attached hydrogens (tertiary/aromatic N) is 2. The fourth-order valence-electron chi connectivity index (χ4n) is 1.36. The van der Waals surface area contributed by atoms with Crippen LogP contribution in [0.4, 0.5) is 5.69 Å². The van der Waals surface area contributed by atoms with Crippen molar-refractivity contribution in [2.75, 3.05) is 0 Å². The van der Waals surface area contributed by atoms with E-state index in [4.69, 9.17) is 5.73 Å². The Morgan fingerprint density at radius 3 is 2.72 bits per heavy atom. The molecule has 0 atom stereocenters. The number of aromatic hydroxyl groups is 1. The first-order valence-corrected chi connectivity index (χ1v) is 5.54. The minimum absolute atomic E-state index is 0.150. The Labute approximate surface area is 105 Å². The van der Waals surface area contributed by atoms with Gasteiger partial charge in [-0.3, -0.25) is 14.9 Å². The van der Waals surface area contributed by atoms with Crippen LogP contribution in [0.25, 0.3) is 6.08 Å². The summed E-state index contributed by atoms with van der Waals surface area (Å²) in [7, 11) is 0. The minimum atomic E-state index is -0.692. The molecule has 3 N–H and O–H groups in total. The molecule has 0 aromatic heterocycles. The standard InChI is InChI=1S/C10H7N3O4S/c11-10-12-9(15)8(18-10)4-5-1-2-6(13(16)17)7(14)3-5/h1-4,14H,(H2,11,12,15)/b8-4-. The fourth-order valence-corrected chi connectivity index (χ4v) is 2.04. The molecule has 1 aliphatic heterocycles. The summed E-state index contributed by atoms with van der Waals surface area (Å²) in [6.45, 7) is 0. The Balaban J connectivity index is 2.32. The molecule has 1 aromatic carbocycles. The largest absolute Gasteiger partial charge is 0.502 e. The molecule has 92 valence electrons. The van der Waals surface area contributed by atoms with Gasteiger partial charge in [0.25, 0.3) is 5.91 Å². The number of amides is 1. The highest BCUT2D eigenvalue weighted by Gasteiger charge is 2.20. The van der Waals surface area contributed by atoms with Crippen molar-refractivity contribution in [3.8, 4) is 5.75 Å². The predicted octanol–water partition coefficient (Wildman–Crippen LogP) is 1.23. The number of nitro benzene ring substituents is 1. The third-order valence-electron chi connectivity index (χ3n) is 2.13. The molecule has 18 heavy (non-hydrogen) atoms. The van der Waals surface area contributed by atoms with Crippen LogP contribution in [0, 0.1) is 10.1 Å². The molecule has 0 saturated carbocycles. The lowest BCUT2D eigenvalue weighted by Gasteiger charge is -1.98. The van der Waals surface area contributed by atoms with Crippen molar-refractivity contribution in [3.63, 3.8) is 0 Å². The third-order valence-corrected chi connectivity index (χ3v) is 2.94. The number of rotatable bonds is 2. The van der Waals surface area contributed by atoms with Gasteiger partial charge in [0.15, 0.2) is 10.9 Å². The minimum Gasteiger partial charge on any atom is -0.502 e. The van der Waals surface area contributed by atoms with Gasteiger partial charge in [0.1, 0.15) is 0 Å². The van der Waals surface area contributed by atoms with Gasteiger partial charge in [-0.05, 0) is 35.5 Å². The average molecular weight is 265 g/mol. The van der Waals surface area contributed by atoms with Crippen LogP contribution in [-0.4, -0.2) is 21.1 Å². The normalized spacial score (nSPS) is 17.0. The molecule has 1 aliphatic rings. The summed E-state index contributed by atoms with van der Waals surface area (Å²) in [5.41, 5.74) is 5.44. The van der Waals surface area contributed by atoms with Gasteiger partial charge in [-0.1, -0.05) is 0 Å². The van der Waals surface area contributed by atoms with Crippen molar-refractivity contribution in [2.24, 2.45) is 10.7 Å². The van der Waals surface area contributed by atoms with E-state index in [0.717, 1.165) is 17.8 Å². The maximum atomic E-state index is 11.3. The monoisotopic (exact) mass is 265 g/mol. The molecule has 0 radical (unpaired) electrons. The van der Waals surface area contributed by atoms with E-state index in [-0.39, 0.29) is 5.17 Å². The molecule has 0 aliphatic carbocycles. The molecule has 0 unspecified atom stereocenters. The van der Waals surface area contributed by atoms with E-state index >= 15 is 0 Å². The molecule has 7 nitrogen and oxygen atoms in total. The van der Waals surface area contributed by atoms with Crippen LogP contribution in [0.2, 0.25) is 0 Å². The molecule has 8 heteroatoms. The second kappa shape index (κ2) is 4.49. The van der Waals surface area contributed by atoms with E-state index in [9.17, 15) is 20.0 Å². The molecule has 0 fully saturated rings. The summed E-state index contributed by atoms with van der Waals surface area (Å²) >= 11 is 1.01. The van der Waals surface area contributed by atoms with Crippen LogP contribution in [0.15, 0.2) is 28.1 Å². The van der Waals surface area contributed by atoms with Crippen LogP contribution < -0.4 is 5.73 Å². The van der Waals surface area contributed by atoms with E-state index < -0.39 is 22.3 Å². The van der Waals surface area contributed by atoms with Crippen molar-refractivity contribution in [2.45, 2.75) is 0 Å². The summed E-state index contributed by atoms with van der Waals surface area (Å²) in [5.74, 6) is -0.922. The Morgan fingerprint density at radius 1 is 1.50 bits per heavy atom. The van der Waals surface area contributed by atoms with Gasteiger partial charge in [-0.15, -0.1) is 0 Å². The Morgan fingerprint density at radius 2 is 2.22 bits per heavy atom. The van der Waals surface area contributed by atoms with Crippen molar-refractivity contribution >= 4 is 34.6 Å². The molecule has 2 rings (SSSR count). The van der Waals surface area contributed by atoms with Crippen LogP contribution in [0.1, 0.15) is 5.56 Å². The number of hydrogen-bond acceptors (Lipinski definition) is 6. The highest BCUT2D eigenvalue weighted by Crippen LogP contribution is 2.30. The summed E-state index contributed by atoms with van der Waals surface area (Å²) in [6, 6.07) is 3.79. The Bertz CT molecular complexity index is 609. The number of hydrogen-bond donors (Lipinski definition) is 2. The van der Waals surface area contributed by atoms with Crippen molar-refractivity contribution in [1.29, 1.82) is 0 Å². The van der Waals surface area contributed by atoms with E-state index in [1.165, 1.54) is 18.2 Å². The number of carbonyl (C=O) groups is 1. The first-order chi connectivity index (χ1) is 8.47. The molecular formula is C10H7N3O4S. The van der Waals surface area contributed by atoms with E-state index in [0.29, 0.717) is 10.5 Å². The molecule has 0 spiro atoms. The smallest absolute Gasteiger partial charge is 0.310 e. The number of aliphatic imine (C=N–C) groups is 1. The van der Waals surface area contributed by atoms with Gasteiger partial charge in [0.05, 0.1) is 9.83 Å². The Hall–Kier alpha value is -2.35. The van der Waals surface area contributed by atoms with Gasteiger partial charge in [-0.25, -0.2) is 0 Å². The van der Waals surface area contributed by atoms with Crippen LogP contribution in [-0.2, 0) is 4.79 Å². The van der Waals surface area contributed by atoms with Gasteiger partial charge in [-0.2, -0.15) is 4.99 Å². The molecule has 1 amide bonds. The molecule has 0 bridgehead atoms. The maximum absolute atomic E-state index is 11.3. The summed E-state index contributed by atoms with van der Waals surface area (Å²) in [5, 5.41) is 20.1. The van der Waals surface area contributed by atoms with Gasteiger partial charge >= 0.3 is 5.69 Å². The second-order valence-electron chi connectivity index (χ2n) is 3.37.